The maximum absolute atomic E-state index is 9.90. The molecule has 0 aromatic rings. The molecule has 4 unspecified atom stereocenters. The van der Waals surface area contributed by atoms with Gasteiger partial charge in [-0.2, -0.15) is 0 Å². The largest absolute Gasteiger partial charge is 0.394 e. The van der Waals surface area contributed by atoms with Crippen LogP contribution in [0.4, 0.5) is 0 Å². The molecule has 0 spiro atoms. The predicted octanol–water partition coefficient (Wildman–Crippen LogP) is -3.38. The van der Waals surface area contributed by atoms with Crippen LogP contribution in [0.25, 0.3) is 0 Å². The zero-order valence-electron chi connectivity index (χ0n) is 6.74. The second-order valence-electron chi connectivity index (χ2n) is 2.36. The average Bonchev–Trinajstić information content (AvgIpc) is 2.12. The minimum absolute atomic E-state index is 0. The Kier molecular flexibility index (Phi) is 9.68. The van der Waals surface area contributed by atoms with Crippen molar-refractivity contribution >= 4 is 6.29 Å². The molecule has 0 aliphatic heterocycles. The van der Waals surface area contributed by atoms with Gasteiger partial charge in [0.1, 0.15) is 24.4 Å². The molecule has 0 aliphatic rings. The van der Waals surface area contributed by atoms with E-state index in [9.17, 15) is 4.79 Å². The summed E-state index contributed by atoms with van der Waals surface area (Å²) in [5, 5.41) is 43.5. The number of carbonyl (C=O) groups is 1. The number of hydrogen-bond donors (Lipinski definition) is 5. The van der Waals surface area contributed by atoms with E-state index >= 15 is 0 Å². The average molecular weight is 418 g/mol. The van der Waals surface area contributed by atoms with E-state index < -0.39 is 31.0 Å². The maximum atomic E-state index is 9.90. The quantitative estimate of drug-likeness (QED) is 0.298. The molecule has 0 saturated carbocycles. The van der Waals surface area contributed by atoms with Crippen LogP contribution < -0.4 is 0 Å². The van der Waals surface area contributed by atoms with Gasteiger partial charge in [0.2, 0.25) is 0 Å². The molecule has 13 heavy (non-hydrogen) atoms. The molecule has 7 heteroatoms. The first-order valence-corrected chi connectivity index (χ1v) is 3.33. The molecule has 6 nitrogen and oxygen atoms in total. The number of aldehydes is 1. The molecular formula is C6H12O6U. The second kappa shape index (κ2) is 7.88. The molecule has 4 atom stereocenters. The van der Waals surface area contributed by atoms with Crippen LogP contribution in [0.3, 0.4) is 0 Å². The van der Waals surface area contributed by atoms with Gasteiger partial charge in [-0.05, 0) is 0 Å². The van der Waals surface area contributed by atoms with Gasteiger partial charge < -0.3 is 30.3 Å². The van der Waals surface area contributed by atoms with Gasteiger partial charge in [0.25, 0.3) is 0 Å². The number of aliphatic hydroxyl groups is 5. The van der Waals surface area contributed by atoms with E-state index in [0.29, 0.717) is 0 Å². The summed E-state index contributed by atoms with van der Waals surface area (Å²) in [7, 11) is 0. The molecule has 0 bridgehead atoms. The first-order chi connectivity index (χ1) is 5.54. The van der Waals surface area contributed by atoms with E-state index in [1.807, 2.05) is 0 Å². The molecule has 0 aliphatic carbocycles. The van der Waals surface area contributed by atoms with Gasteiger partial charge in [0, 0.05) is 31.1 Å². The third kappa shape index (κ3) is 5.08. The van der Waals surface area contributed by atoms with Crippen molar-refractivity contribution in [3.8, 4) is 0 Å². The number of rotatable bonds is 5. The van der Waals surface area contributed by atoms with Crippen LogP contribution in [-0.4, -0.2) is 62.8 Å². The molecule has 0 aromatic heterocycles. The van der Waals surface area contributed by atoms with Crippen LogP contribution in [0.15, 0.2) is 0 Å². The smallest absolute Gasteiger partial charge is 0.151 e. The summed E-state index contributed by atoms with van der Waals surface area (Å²) in [5.74, 6) is 0. The Bertz CT molecular complexity index is 143. The normalized spacial score (nSPS) is 19.5. The van der Waals surface area contributed by atoms with Crippen LogP contribution in [0.2, 0.25) is 0 Å². The summed E-state index contributed by atoms with van der Waals surface area (Å²) in [4.78, 5) is 9.90. The van der Waals surface area contributed by atoms with Crippen LogP contribution in [-0.2, 0) is 4.79 Å². The first kappa shape index (κ1) is 16.0. The minimum Gasteiger partial charge on any atom is -0.394 e. The zero-order valence-corrected chi connectivity index (χ0v) is 10.9. The summed E-state index contributed by atoms with van der Waals surface area (Å²) in [6.07, 6.45) is -6.84. The summed E-state index contributed by atoms with van der Waals surface area (Å²) in [6, 6.07) is 0. The van der Waals surface area contributed by atoms with Crippen LogP contribution >= 0.6 is 0 Å². The third-order valence-corrected chi connectivity index (χ3v) is 1.42. The predicted molar refractivity (Wildman–Crippen MR) is 37.2 cm³/mol. The van der Waals surface area contributed by atoms with Gasteiger partial charge in [-0.3, -0.25) is 0 Å². The summed E-state index contributed by atoms with van der Waals surface area (Å²) in [5.41, 5.74) is 0. The van der Waals surface area contributed by atoms with Gasteiger partial charge in [0.05, 0.1) is 6.61 Å². The maximum Gasteiger partial charge on any atom is 0.151 e. The van der Waals surface area contributed by atoms with Gasteiger partial charge in [-0.1, -0.05) is 0 Å². The Morgan fingerprint density at radius 2 is 1.54 bits per heavy atom. The Morgan fingerprint density at radius 1 is 1.08 bits per heavy atom. The van der Waals surface area contributed by atoms with E-state index in [4.69, 9.17) is 25.5 Å². The van der Waals surface area contributed by atoms with Crippen LogP contribution in [0, 0.1) is 31.1 Å². The van der Waals surface area contributed by atoms with Crippen molar-refractivity contribution in [2.45, 2.75) is 24.4 Å². The Balaban J connectivity index is 0. The van der Waals surface area contributed by atoms with Gasteiger partial charge in [0.15, 0.2) is 6.29 Å². The molecule has 0 radical (unpaired) electrons. The fraction of sp³-hybridized carbons (Fsp3) is 0.833. The monoisotopic (exact) mass is 418 g/mol. The van der Waals surface area contributed by atoms with E-state index in [-0.39, 0.29) is 37.4 Å². The molecule has 76 valence electrons. The Morgan fingerprint density at radius 3 is 1.85 bits per heavy atom. The van der Waals surface area contributed by atoms with Crippen molar-refractivity contribution in [1.82, 2.24) is 0 Å². The van der Waals surface area contributed by atoms with Crippen molar-refractivity contribution in [3.63, 3.8) is 0 Å². The third-order valence-electron chi connectivity index (χ3n) is 1.42. The second-order valence-corrected chi connectivity index (χ2v) is 2.36. The van der Waals surface area contributed by atoms with Crippen molar-refractivity contribution in [1.29, 1.82) is 0 Å². The Hall–Kier alpha value is 0.522. The molecule has 0 aromatic carbocycles. The van der Waals surface area contributed by atoms with E-state index in [2.05, 4.69) is 0 Å². The standard InChI is InChI=1S/C6H12O6.U/c7-1-3(9)5(11)6(12)4(10)2-8;/h1,3-6,8-12H,2H2;. The SMILES string of the molecule is O=CC(O)C(O)C(O)C(O)CO.[U]. The van der Waals surface area contributed by atoms with Crippen LogP contribution in [0.5, 0.6) is 0 Å². The van der Waals surface area contributed by atoms with E-state index in [1.165, 1.54) is 0 Å². The first-order valence-electron chi connectivity index (χ1n) is 3.33. The fourth-order valence-electron chi connectivity index (χ4n) is 0.618. The Labute approximate surface area is 98.6 Å². The fourth-order valence-corrected chi connectivity index (χ4v) is 0.618. The summed E-state index contributed by atoms with van der Waals surface area (Å²) in [6.45, 7) is -0.760. The molecule has 0 fully saturated rings. The summed E-state index contributed by atoms with van der Waals surface area (Å²) < 4.78 is 0. The number of hydrogen-bond acceptors (Lipinski definition) is 6. The zero-order chi connectivity index (χ0) is 9.72. The van der Waals surface area contributed by atoms with Crippen molar-refractivity contribution in [2.24, 2.45) is 0 Å². The van der Waals surface area contributed by atoms with E-state index in [0.717, 1.165) is 0 Å². The molecule has 5 N–H and O–H groups in total. The van der Waals surface area contributed by atoms with Crippen LogP contribution in [0.1, 0.15) is 0 Å². The number of aliphatic hydroxyl groups excluding tert-OH is 5. The topological polar surface area (TPSA) is 118 Å². The van der Waals surface area contributed by atoms with Crippen molar-refractivity contribution in [2.75, 3.05) is 6.61 Å². The molecule has 0 amide bonds. The van der Waals surface area contributed by atoms with Gasteiger partial charge >= 0.3 is 0 Å². The van der Waals surface area contributed by atoms with Crippen molar-refractivity contribution < 1.29 is 61.4 Å². The summed E-state index contributed by atoms with van der Waals surface area (Å²) >= 11 is 0. The molecule has 0 heterocycles. The minimum atomic E-state index is -1.79. The van der Waals surface area contributed by atoms with Crippen molar-refractivity contribution in [3.05, 3.63) is 0 Å². The molecular weight excluding hydrogens is 406 g/mol. The van der Waals surface area contributed by atoms with E-state index in [1.54, 1.807) is 0 Å². The molecule has 0 saturated heterocycles. The van der Waals surface area contributed by atoms with Gasteiger partial charge in [-0.25, -0.2) is 0 Å². The van der Waals surface area contributed by atoms with Gasteiger partial charge in [-0.15, -0.1) is 0 Å². The number of carbonyl (C=O) groups excluding carboxylic acids is 1. The molecule has 0 rings (SSSR count).